The fourth-order valence-electron chi connectivity index (χ4n) is 6.68. The number of carbonyl (C=O) groups excluding carboxylic acids is 1. The van der Waals surface area contributed by atoms with Crippen molar-refractivity contribution < 1.29 is 19.0 Å². The molecule has 2 aliphatic carbocycles. The van der Waals surface area contributed by atoms with Crippen molar-refractivity contribution in [3.05, 3.63) is 29.8 Å². The standard InChI is InChI=1S/C23H31NO4/c1-14-7-6-10-22(2)11-18-19(20-23(14,22)28-20)16(21(25)27-18)13-24-12-15-8-4-5-9-17(15)26-3/h4-5,8-9,14,16,18-20,24H,6-7,10-13H2,1-3H3/t14-,16?,18+,19+,20-,22+,23-/m0/s1. The number of hydrogen-bond acceptors (Lipinski definition) is 5. The lowest BCUT2D eigenvalue weighted by molar-refractivity contribution is -0.146. The molecule has 4 fully saturated rings. The first-order chi connectivity index (χ1) is 13.5. The Kier molecular flexibility index (Phi) is 4.25. The van der Waals surface area contributed by atoms with Gasteiger partial charge in [-0.05, 0) is 31.2 Å². The molecule has 0 bridgehead atoms. The molecule has 1 unspecified atom stereocenters. The third-order valence-electron chi connectivity index (χ3n) is 8.07. The number of nitrogens with one attached hydrogen (secondary N) is 1. The first-order valence-corrected chi connectivity index (χ1v) is 10.7. The number of epoxide rings is 1. The van der Waals surface area contributed by atoms with E-state index in [9.17, 15) is 4.79 Å². The molecule has 1 spiro atoms. The van der Waals surface area contributed by atoms with E-state index >= 15 is 0 Å². The van der Waals surface area contributed by atoms with Crippen molar-refractivity contribution in [1.29, 1.82) is 0 Å². The topological polar surface area (TPSA) is 60.1 Å². The van der Waals surface area contributed by atoms with Gasteiger partial charge in [0.1, 0.15) is 17.5 Å². The van der Waals surface area contributed by atoms with Gasteiger partial charge in [-0.2, -0.15) is 0 Å². The summed E-state index contributed by atoms with van der Waals surface area (Å²) in [6.45, 7) is 6.00. The lowest BCUT2D eigenvalue weighted by Gasteiger charge is -2.48. The number of carbonyl (C=O) groups is 1. The Balaban J connectivity index is 1.30. The number of methoxy groups -OCH3 is 1. The van der Waals surface area contributed by atoms with Crippen LogP contribution >= 0.6 is 0 Å². The number of fused-ring (bicyclic) bond motifs is 2. The van der Waals surface area contributed by atoms with Gasteiger partial charge >= 0.3 is 5.97 Å². The lowest BCUT2D eigenvalue weighted by Crippen LogP contribution is -2.54. The Morgan fingerprint density at radius 2 is 2.14 bits per heavy atom. The third kappa shape index (κ3) is 2.48. The van der Waals surface area contributed by atoms with Crippen LogP contribution in [0.5, 0.6) is 5.75 Å². The van der Waals surface area contributed by atoms with Crippen LogP contribution in [0.15, 0.2) is 24.3 Å². The summed E-state index contributed by atoms with van der Waals surface area (Å²) in [4.78, 5) is 12.7. The molecule has 1 aromatic rings. The molecule has 5 rings (SSSR count). The van der Waals surface area contributed by atoms with Crippen LogP contribution in [0.4, 0.5) is 0 Å². The third-order valence-corrected chi connectivity index (χ3v) is 8.07. The number of hydrogen-bond donors (Lipinski definition) is 1. The predicted octanol–water partition coefficient (Wildman–Crippen LogP) is 3.31. The molecule has 5 heteroatoms. The maximum Gasteiger partial charge on any atom is 0.311 e. The van der Waals surface area contributed by atoms with Gasteiger partial charge < -0.3 is 19.5 Å². The van der Waals surface area contributed by atoms with Crippen LogP contribution in [-0.2, 0) is 20.8 Å². The number of rotatable bonds is 5. The summed E-state index contributed by atoms with van der Waals surface area (Å²) in [5.41, 5.74) is 1.22. The Bertz CT molecular complexity index is 782. The van der Waals surface area contributed by atoms with Gasteiger partial charge in [0.05, 0.1) is 19.1 Å². The second-order valence-electron chi connectivity index (χ2n) is 9.49. The van der Waals surface area contributed by atoms with Crippen LogP contribution < -0.4 is 10.1 Å². The molecule has 0 radical (unpaired) electrons. The smallest absolute Gasteiger partial charge is 0.311 e. The van der Waals surface area contributed by atoms with Crippen LogP contribution in [0.1, 0.15) is 45.1 Å². The van der Waals surface area contributed by atoms with Crippen molar-refractivity contribution in [2.24, 2.45) is 23.2 Å². The number of esters is 1. The molecule has 1 aromatic carbocycles. The van der Waals surface area contributed by atoms with Crippen LogP contribution in [-0.4, -0.2) is 37.4 Å². The van der Waals surface area contributed by atoms with Gasteiger partial charge in [-0.3, -0.25) is 4.79 Å². The zero-order valence-corrected chi connectivity index (χ0v) is 17.1. The highest BCUT2D eigenvalue weighted by molar-refractivity contribution is 5.76. The summed E-state index contributed by atoms with van der Waals surface area (Å²) in [7, 11) is 1.69. The normalized spacial score (nSPS) is 43.5. The summed E-state index contributed by atoms with van der Waals surface area (Å²) in [5, 5.41) is 3.47. The van der Waals surface area contributed by atoms with Crippen molar-refractivity contribution >= 4 is 5.97 Å². The highest BCUT2D eigenvalue weighted by Gasteiger charge is 2.78. The molecule has 7 atom stereocenters. The van der Waals surface area contributed by atoms with Gasteiger partial charge in [0.2, 0.25) is 0 Å². The molecule has 2 heterocycles. The average Bonchev–Trinajstić information content (AvgIpc) is 3.36. The SMILES string of the molecule is COc1ccccc1CNCC1C(=O)O[C@@H]2C[C@@]3(C)CCC[C@H](C)[C@@]34O[C@H]4[C@H]12. The Hall–Kier alpha value is -1.59. The van der Waals surface area contributed by atoms with Crippen LogP contribution in [0, 0.1) is 23.2 Å². The summed E-state index contributed by atoms with van der Waals surface area (Å²) in [6, 6.07) is 7.99. The maximum absolute atomic E-state index is 12.7. The fraction of sp³-hybridized carbons (Fsp3) is 0.696. The quantitative estimate of drug-likeness (QED) is 0.622. The molecule has 28 heavy (non-hydrogen) atoms. The van der Waals surface area contributed by atoms with E-state index in [1.54, 1.807) is 7.11 Å². The lowest BCUT2D eigenvalue weighted by atomic mass is 9.53. The van der Waals surface area contributed by atoms with Gasteiger partial charge in [0, 0.05) is 30.0 Å². The minimum atomic E-state index is -0.122. The summed E-state index contributed by atoms with van der Waals surface area (Å²) >= 11 is 0. The summed E-state index contributed by atoms with van der Waals surface area (Å²) < 4.78 is 17.8. The molecular formula is C23H31NO4. The minimum absolute atomic E-state index is 0.0153. The van der Waals surface area contributed by atoms with Crippen molar-refractivity contribution in [1.82, 2.24) is 5.32 Å². The van der Waals surface area contributed by atoms with Crippen LogP contribution in [0.25, 0.3) is 0 Å². The van der Waals surface area contributed by atoms with E-state index in [0.717, 1.165) is 17.7 Å². The van der Waals surface area contributed by atoms with E-state index in [1.807, 2.05) is 18.2 Å². The summed E-state index contributed by atoms with van der Waals surface area (Å²) in [5.74, 6) is 1.45. The number of ether oxygens (including phenoxy) is 3. The Morgan fingerprint density at radius 3 is 2.96 bits per heavy atom. The van der Waals surface area contributed by atoms with Crippen molar-refractivity contribution in [2.75, 3.05) is 13.7 Å². The Morgan fingerprint density at radius 1 is 1.32 bits per heavy atom. The Labute approximate surface area is 167 Å². The largest absolute Gasteiger partial charge is 0.496 e. The number of benzene rings is 1. The summed E-state index contributed by atoms with van der Waals surface area (Å²) in [6.07, 6.45) is 4.82. The predicted molar refractivity (Wildman–Crippen MR) is 105 cm³/mol. The van der Waals surface area contributed by atoms with E-state index in [2.05, 4.69) is 25.2 Å². The molecule has 1 N–H and O–H groups in total. The van der Waals surface area contributed by atoms with Gasteiger partial charge in [-0.25, -0.2) is 0 Å². The minimum Gasteiger partial charge on any atom is -0.496 e. The van der Waals surface area contributed by atoms with Crippen LogP contribution in [0.3, 0.4) is 0 Å². The molecule has 2 aliphatic heterocycles. The van der Waals surface area contributed by atoms with Gasteiger partial charge in [0.25, 0.3) is 0 Å². The molecule has 5 nitrogen and oxygen atoms in total. The van der Waals surface area contributed by atoms with Gasteiger partial charge in [-0.1, -0.05) is 38.5 Å². The highest BCUT2D eigenvalue weighted by atomic mass is 16.6. The average molecular weight is 386 g/mol. The van der Waals surface area contributed by atoms with Crippen molar-refractivity contribution in [2.45, 2.75) is 63.9 Å². The highest BCUT2D eigenvalue weighted by Crippen LogP contribution is 2.70. The van der Waals surface area contributed by atoms with Crippen molar-refractivity contribution in [3.63, 3.8) is 0 Å². The van der Waals surface area contributed by atoms with E-state index in [-0.39, 0.29) is 41.0 Å². The zero-order valence-electron chi connectivity index (χ0n) is 17.1. The van der Waals surface area contributed by atoms with Crippen molar-refractivity contribution in [3.8, 4) is 5.75 Å². The fourth-order valence-corrected chi connectivity index (χ4v) is 6.68. The molecule has 152 valence electrons. The molecule has 2 saturated carbocycles. The molecule has 0 aromatic heterocycles. The van der Waals surface area contributed by atoms with Crippen LogP contribution in [0.2, 0.25) is 0 Å². The molecule has 4 aliphatic rings. The molecular weight excluding hydrogens is 354 g/mol. The molecule has 2 saturated heterocycles. The van der Waals surface area contributed by atoms with E-state index < -0.39 is 0 Å². The van der Waals surface area contributed by atoms with Gasteiger partial charge in [0.15, 0.2) is 0 Å². The molecule has 0 amide bonds. The van der Waals surface area contributed by atoms with E-state index in [1.165, 1.54) is 19.3 Å². The number of para-hydroxylation sites is 1. The monoisotopic (exact) mass is 385 g/mol. The first kappa shape index (κ1) is 18.4. The maximum atomic E-state index is 12.7. The second-order valence-corrected chi connectivity index (χ2v) is 9.49. The van der Waals surface area contributed by atoms with Gasteiger partial charge in [-0.15, -0.1) is 0 Å². The second kappa shape index (κ2) is 6.46. The first-order valence-electron chi connectivity index (χ1n) is 10.7. The van der Waals surface area contributed by atoms with E-state index in [0.29, 0.717) is 19.0 Å². The zero-order chi connectivity index (χ0) is 19.5. The van der Waals surface area contributed by atoms with E-state index in [4.69, 9.17) is 14.2 Å².